The molecule has 1 atom stereocenters. The Labute approximate surface area is 137 Å². The highest BCUT2D eigenvalue weighted by atomic mass is 32.2. The van der Waals surface area contributed by atoms with E-state index in [1.54, 1.807) is 0 Å². The second kappa shape index (κ2) is 8.63. The molecule has 23 heavy (non-hydrogen) atoms. The zero-order valence-corrected chi connectivity index (χ0v) is 14.7. The molecule has 7 nitrogen and oxygen atoms in total. The van der Waals surface area contributed by atoms with Gasteiger partial charge >= 0.3 is 11.9 Å². The SMILES string of the molecule is CCCC[C@H](NS(=O)(=O)CC1(C(=O)OC)CCCCC1)C(=O)O. The minimum Gasteiger partial charge on any atom is -0.480 e. The topological polar surface area (TPSA) is 110 Å². The number of carbonyl (C=O) groups is 2. The van der Waals surface area contributed by atoms with Gasteiger partial charge in [0, 0.05) is 0 Å². The van der Waals surface area contributed by atoms with Crippen molar-refractivity contribution in [1.82, 2.24) is 4.72 Å². The number of carboxylic acid groups (broad SMARTS) is 1. The molecule has 134 valence electrons. The minimum absolute atomic E-state index is 0.232. The Kier molecular flexibility index (Phi) is 7.47. The van der Waals surface area contributed by atoms with Gasteiger partial charge in [-0.2, -0.15) is 0 Å². The molecule has 0 aromatic carbocycles. The van der Waals surface area contributed by atoms with Crippen LogP contribution in [-0.2, 0) is 24.3 Å². The van der Waals surface area contributed by atoms with Gasteiger partial charge in [-0.3, -0.25) is 9.59 Å². The molecule has 0 saturated heterocycles. The molecule has 0 amide bonds. The highest BCUT2D eigenvalue weighted by Crippen LogP contribution is 2.38. The molecule has 1 rings (SSSR count). The van der Waals surface area contributed by atoms with Crippen LogP contribution < -0.4 is 4.72 Å². The predicted octanol–water partition coefficient (Wildman–Crippen LogP) is 1.67. The van der Waals surface area contributed by atoms with E-state index in [9.17, 15) is 23.1 Å². The van der Waals surface area contributed by atoms with E-state index in [-0.39, 0.29) is 6.42 Å². The quantitative estimate of drug-likeness (QED) is 0.613. The number of hydrogen-bond acceptors (Lipinski definition) is 5. The van der Waals surface area contributed by atoms with Gasteiger partial charge in [-0.05, 0) is 19.3 Å². The number of carboxylic acids is 1. The molecule has 0 spiro atoms. The molecule has 0 aliphatic heterocycles. The molecule has 8 heteroatoms. The Morgan fingerprint density at radius 1 is 1.26 bits per heavy atom. The van der Waals surface area contributed by atoms with E-state index in [0.717, 1.165) is 25.7 Å². The first-order valence-corrected chi connectivity index (χ1v) is 9.73. The third kappa shape index (κ3) is 5.76. The normalized spacial score (nSPS) is 19.0. The summed E-state index contributed by atoms with van der Waals surface area (Å²) < 4.78 is 31.9. The summed E-state index contributed by atoms with van der Waals surface area (Å²) in [6.45, 7) is 1.90. The number of esters is 1. The Hall–Kier alpha value is -1.15. The Morgan fingerprint density at radius 2 is 1.87 bits per heavy atom. The molecule has 0 radical (unpaired) electrons. The summed E-state index contributed by atoms with van der Waals surface area (Å²) in [6.07, 6.45) is 5.02. The van der Waals surface area contributed by atoms with Gasteiger partial charge in [0.2, 0.25) is 10.0 Å². The van der Waals surface area contributed by atoms with Crippen molar-refractivity contribution in [3.63, 3.8) is 0 Å². The van der Waals surface area contributed by atoms with E-state index in [1.165, 1.54) is 7.11 Å². The largest absolute Gasteiger partial charge is 0.480 e. The first kappa shape index (κ1) is 19.9. The molecule has 1 fully saturated rings. The number of unbranched alkanes of at least 4 members (excludes halogenated alkanes) is 1. The maximum absolute atomic E-state index is 12.4. The van der Waals surface area contributed by atoms with Crippen LogP contribution in [0.3, 0.4) is 0 Å². The average Bonchev–Trinajstić information content (AvgIpc) is 2.50. The number of nitrogens with one attached hydrogen (secondary N) is 1. The van der Waals surface area contributed by atoms with Crippen molar-refractivity contribution < 1.29 is 27.9 Å². The van der Waals surface area contributed by atoms with E-state index in [4.69, 9.17) is 4.74 Å². The van der Waals surface area contributed by atoms with Gasteiger partial charge in [-0.25, -0.2) is 13.1 Å². The molecule has 0 aromatic heterocycles. The fraction of sp³-hybridized carbons (Fsp3) is 0.867. The number of aliphatic carboxylic acids is 1. The van der Waals surface area contributed by atoms with Crippen molar-refractivity contribution in [2.75, 3.05) is 12.9 Å². The summed E-state index contributed by atoms with van der Waals surface area (Å²) in [7, 11) is -2.65. The summed E-state index contributed by atoms with van der Waals surface area (Å²) in [5.41, 5.74) is -1.06. The van der Waals surface area contributed by atoms with E-state index >= 15 is 0 Å². The Bertz CT molecular complexity index is 510. The standard InChI is InChI=1S/C15H27NO6S/c1-3-4-8-12(13(17)18)16-23(20,21)11-15(14(19)22-2)9-6-5-7-10-15/h12,16H,3-11H2,1-2H3,(H,17,18)/t12-/m0/s1. The van der Waals surface area contributed by atoms with Gasteiger partial charge in [-0.15, -0.1) is 0 Å². The number of sulfonamides is 1. The Balaban J connectivity index is 2.88. The summed E-state index contributed by atoms with van der Waals surface area (Å²) in [5, 5.41) is 9.17. The zero-order valence-electron chi connectivity index (χ0n) is 13.8. The second-order valence-corrected chi connectivity index (χ2v) is 8.00. The molecule has 1 saturated carbocycles. The Morgan fingerprint density at radius 3 is 2.35 bits per heavy atom. The summed E-state index contributed by atoms with van der Waals surface area (Å²) in [6, 6.07) is -1.15. The van der Waals surface area contributed by atoms with E-state index in [2.05, 4.69) is 4.72 Å². The van der Waals surface area contributed by atoms with Crippen molar-refractivity contribution in [3.8, 4) is 0 Å². The highest BCUT2D eigenvalue weighted by Gasteiger charge is 2.45. The average molecular weight is 349 g/mol. The summed E-state index contributed by atoms with van der Waals surface area (Å²) in [5.74, 6) is -2.14. The van der Waals surface area contributed by atoms with Gasteiger partial charge in [-0.1, -0.05) is 39.0 Å². The van der Waals surface area contributed by atoms with Crippen LogP contribution in [0.2, 0.25) is 0 Å². The van der Waals surface area contributed by atoms with Gasteiger partial charge in [0.05, 0.1) is 18.3 Å². The van der Waals surface area contributed by atoms with Crippen LogP contribution in [0, 0.1) is 5.41 Å². The number of hydrogen-bond donors (Lipinski definition) is 2. The van der Waals surface area contributed by atoms with Crippen molar-refractivity contribution in [2.24, 2.45) is 5.41 Å². The van der Waals surface area contributed by atoms with Gasteiger partial charge in [0.25, 0.3) is 0 Å². The van der Waals surface area contributed by atoms with Crippen molar-refractivity contribution >= 4 is 22.0 Å². The monoisotopic (exact) mass is 349 g/mol. The van der Waals surface area contributed by atoms with Crippen molar-refractivity contribution in [3.05, 3.63) is 0 Å². The maximum Gasteiger partial charge on any atom is 0.321 e. The molecule has 0 heterocycles. The van der Waals surface area contributed by atoms with Crippen LogP contribution in [0.15, 0.2) is 0 Å². The molecule has 0 unspecified atom stereocenters. The lowest BCUT2D eigenvalue weighted by atomic mass is 9.75. The molecular formula is C15H27NO6S. The van der Waals surface area contributed by atoms with E-state index in [0.29, 0.717) is 19.3 Å². The van der Waals surface area contributed by atoms with Crippen molar-refractivity contribution in [2.45, 2.75) is 64.3 Å². The zero-order chi connectivity index (χ0) is 17.5. The molecule has 2 N–H and O–H groups in total. The van der Waals surface area contributed by atoms with Gasteiger partial charge in [0.15, 0.2) is 0 Å². The van der Waals surface area contributed by atoms with Crippen LogP contribution in [0.1, 0.15) is 58.3 Å². The first-order chi connectivity index (χ1) is 10.8. The molecule has 0 bridgehead atoms. The minimum atomic E-state index is -3.90. The summed E-state index contributed by atoms with van der Waals surface area (Å²) >= 11 is 0. The van der Waals surface area contributed by atoms with Gasteiger partial charge in [0.1, 0.15) is 6.04 Å². The smallest absolute Gasteiger partial charge is 0.321 e. The maximum atomic E-state index is 12.4. The lowest BCUT2D eigenvalue weighted by Crippen LogP contribution is -2.48. The lowest BCUT2D eigenvalue weighted by Gasteiger charge is -2.34. The second-order valence-electron chi connectivity index (χ2n) is 6.24. The molecule has 1 aliphatic rings. The number of methoxy groups -OCH3 is 1. The number of carbonyl (C=O) groups excluding carboxylic acids is 1. The lowest BCUT2D eigenvalue weighted by molar-refractivity contribution is -0.153. The first-order valence-electron chi connectivity index (χ1n) is 8.07. The van der Waals surface area contributed by atoms with Crippen LogP contribution in [0.5, 0.6) is 0 Å². The van der Waals surface area contributed by atoms with Crippen LogP contribution in [0.25, 0.3) is 0 Å². The molecular weight excluding hydrogens is 322 g/mol. The van der Waals surface area contributed by atoms with Crippen LogP contribution in [-0.4, -0.2) is 44.4 Å². The van der Waals surface area contributed by atoms with Crippen LogP contribution >= 0.6 is 0 Å². The highest BCUT2D eigenvalue weighted by molar-refractivity contribution is 7.89. The number of rotatable bonds is 9. The fourth-order valence-corrected chi connectivity index (χ4v) is 4.99. The van der Waals surface area contributed by atoms with E-state index < -0.39 is 39.2 Å². The fourth-order valence-electron chi connectivity index (χ4n) is 3.12. The van der Waals surface area contributed by atoms with Gasteiger partial charge < -0.3 is 9.84 Å². The third-order valence-corrected chi connectivity index (χ3v) is 5.94. The third-order valence-electron chi connectivity index (χ3n) is 4.36. The van der Waals surface area contributed by atoms with E-state index in [1.807, 2.05) is 6.92 Å². The van der Waals surface area contributed by atoms with Crippen LogP contribution in [0.4, 0.5) is 0 Å². The molecule has 1 aliphatic carbocycles. The number of ether oxygens (including phenoxy) is 1. The molecule has 0 aromatic rings. The predicted molar refractivity (Wildman–Crippen MR) is 85.4 cm³/mol. The van der Waals surface area contributed by atoms with Crippen molar-refractivity contribution in [1.29, 1.82) is 0 Å². The summed E-state index contributed by atoms with van der Waals surface area (Å²) in [4.78, 5) is 23.4.